The predicted octanol–water partition coefficient (Wildman–Crippen LogP) is 2.45. The van der Waals surface area contributed by atoms with E-state index in [-0.39, 0.29) is 18.0 Å². The number of piperidine rings is 1. The molecule has 2 saturated heterocycles. The maximum atomic E-state index is 12.3. The molecule has 0 aliphatic carbocycles. The highest BCUT2D eigenvalue weighted by Crippen LogP contribution is 2.36. The Morgan fingerprint density at radius 1 is 1.27 bits per heavy atom. The fraction of sp³-hybridized carbons (Fsp3) is 0.500. The first kappa shape index (κ1) is 24.8. The zero-order chi connectivity index (χ0) is 24.3. The summed E-state index contributed by atoms with van der Waals surface area (Å²) in [7, 11) is 1.61. The molecule has 2 atom stereocenters. The Bertz CT molecular complexity index is 1040. The Morgan fingerprint density at radius 2 is 1.97 bits per heavy atom. The molecule has 33 heavy (non-hydrogen) atoms. The Balaban J connectivity index is 0.000000383. The molecule has 0 bridgehead atoms. The van der Waals surface area contributed by atoms with Gasteiger partial charge in [0.15, 0.2) is 0 Å². The van der Waals surface area contributed by atoms with Crippen LogP contribution >= 0.6 is 11.6 Å². The number of halogens is 4. The maximum Gasteiger partial charge on any atom is 0.490 e. The fourth-order valence-corrected chi connectivity index (χ4v) is 4.23. The standard InChI is InChI=1S/C18H22ClN5O2.C2HF3O2/c1-26-14-6-5-11(19)16-17(14)21-10-22-18(16)23-8-12(20)13(9-23)24-7-3-2-4-15(24)25;3-2(4,5)1(6)7/h5-6,10,12-13H,2-4,7-9,20H2,1H3;(H,6,7)/t12-,13-;/m0./s1. The zero-order valence-electron chi connectivity index (χ0n) is 17.7. The first-order chi connectivity index (χ1) is 15.5. The summed E-state index contributed by atoms with van der Waals surface area (Å²) in [5.74, 6) is -1.17. The number of nitrogens with zero attached hydrogens (tertiary/aromatic N) is 4. The Kier molecular flexibility index (Phi) is 7.48. The number of benzene rings is 1. The van der Waals surface area contributed by atoms with E-state index < -0.39 is 12.1 Å². The first-order valence-electron chi connectivity index (χ1n) is 10.1. The van der Waals surface area contributed by atoms with Gasteiger partial charge < -0.3 is 25.4 Å². The Labute approximate surface area is 192 Å². The van der Waals surface area contributed by atoms with Crippen molar-refractivity contribution in [3.05, 3.63) is 23.5 Å². The number of carbonyl (C=O) groups is 2. The van der Waals surface area contributed by atoms with E-state index in [9.17, 15) is 18.0 Å². The molecule has 0 spiro atoms. The van der Waals surface area contributed by atoms with Crippen LogP contribution in [0.15, 0.2) is 18.5 Å². The van der Waals surface area contributed by atoms with Crippen LogP contribution in [0.1, 0.15) is 19.3 Å². The van der Waals surface area contributed by atoms with Crippen LogP contribution in [0, 0.1) is 0 Å². The first-order valence-corrected chi connectivity index (χ1v) is 10.5. The van der Waals surface area contributed by atoms with Crippen molar-refractivity contribution in [2.45, 2.75) is 37.5 Å². The van der Waals surface area contributed by atoms with Gasteiger partial charge in [-0.25, -0.2) is 14.8 Å². The number of carboxylic acid groups (broad SMARTS) is 1. The lowest BCUT2D eigenvalue weighted by Gasteiger charge is -2.34. The second kappa shape index (κ2) is 9.96. The molecular weight excluding hydrogens is 467 g/mol. The lowest BCUT2D eigenvalue weighted by Crippen LogP contribution is -2.51. The van der Waals surface area contributed by atoms with Gasteiger partial charge in [0.1, 0.15) is 23.4 Å². The number of aliphatic carboxylic acids is 1. The highest BCUT2D eigenvalue weighted by atomic mass is 35.5. The summed E-state index contributed by atoms with van der Waals surface area (Å²) in [5, 5.41) is 8.45. The number of carboxylic acids is 1. The van der Waals surface area contributed by atoms with Crippen molar-refractivity contribution in [3.63, 3.8) is 0 Å². The van der Waals surface area contributed by atoms with Crippen molar-refractivity contribution in [2.75, 3.05) is 31.6 Å². The number of rotatable bonds is 3. The van der Waals surface area contributed by atoms with Gasteiger partial charge in [-0.1, -0.05) is 11.6 Å². The number of methoxy groups -OCH3 is 1. The monoisotopic (exact) mass is 489 g/mol. The molecule has 13 heteroatoms. The largest absolute Gasteiger partial charge is 0.494 e. The van der Waals surface area contributed by atoms with E-state index in [1.54, 1.807) is 19.2 Å². The minimum atomic E-state index is -5.08. The van der Waals surface area contributed by atoms with Gasteiger partial charge in [-0.2, -0.15) is 13.2 Å². The molecule has 3 N–H and O–H groups in total. The van der Waals surface area contributed by atoms with Gasteiger partial charge in [-0.3, -0.25) is 4.79 Å². The average Bonchev–Trinajstić information content (AvgIpc) is 3.15. The highest BCUT2D eigenvalue weighted by molar-refractivity contribution is 6.36. The average molecular weight is 490 g/mol. The molecule has 0 radical (unpaired) electrons. The smallest absolute Gasteiger partial charge is 0.490 e. The molecule has 2 aliphatic rings. The number of ether oxygens (including phenoxy) is 1. The highest BCUT2D eigenvalue weighted by Gasteiger charge is 2.39. The quantitative estimate of drug-likeness (QED) is 0.674. The van der Waals surface area contributed by atoms with Crippen LogP contribution in [0.4, 0.5) is 19.0 Å². The normalized spacial score (nSPS) is 21.1. The van der Waals surface area contributed by atoms with Crippen LogP contribution in [0.5, 0.6) is 5.75 Å². The van der Waals surface area contributed by atoms with Crippen LogP contribution in [-0.2, 0) is 9.59 Å². The summed E-state index contributed by atoms with van der Waals surface area (Å²) < 4.78 is 37.1. The van der Waals surface area contributed by atoms with Crippen LogP contribution in [-0.4, -0.2) is 76.9 Å². The molecule has 9 nitrogen and oxygen atoms in total. The SMILES string of the molecule is COc1ccc(Cl)c2c(N3C[C@H](N)[C@@H](N4CCCCC4=O)C3)ncnc12.O=C(O)C(F)(F)F. The van der Waals surface area contributed by atoms with Gasteiger partial charge in [-0.05, 0) is 25.0 Å². The van der Waals surface area contributed by atoms with Crippen LogP contribution in [0.25, 0.3) is 10.9 Å². The molecule has 3 heterocycles. The molecule has 0 saturated carbocycles. The van der Waals surface area contributed by atoms with E-state index in [1.165, 1.54) is 6.33 Å². The number of alkyl halides is 3. The Hall–Kier alpha value is -2.86. The summed E-state index contributed by atoms with van der Waals surface area (Å²) in [6, 6.07) is 3.47. The third-order valence-electron chi connectivity index (χ3n) is 5.54. The summed E-state index contributed by atoms with van der Waals surface area (Å²) in [4.78, 5) is 34.1. The molecule has 1 aromatic carbocycles. The molecule has 1 aromatic heterocycles. The number of anilines is 1. The zero-order valence-corrected chi connectivity index (χ0v) is 18.4. The molecule has 1 amide bonds. The van der Waals surface area contributed by atoms with Crippen LogP contribution in [0.2, 0.25) is 5.02 Å². The molecule has 4 rings (SSSR count). The van der Waals surface area contributed by atoms with Gasteiger partial charge in [0.05, 0.1) is 23.6 Å². The molecular formula is C20H23ClF3N5O4. The van der Waals surface area contributed by atoms with E-state index in [0.29, 0.717) is 35.8 Å². The number of hydrogen-bond donors (Lipinski definition) is 2. The summed E-state index contributed by atoms with van der Waals surface area (Å²) in [5.41, 5.74) is 7.08. The van der Waals surface area contributed by atoms with E-state index in [0.717, 1.165) is 30.6 Å². The van der Waals surface area contributed by atoms with Crippen LogP contribution < -0.4 is 15.4 Å². The minimum Gasteiger partial charge on any atom is -0.494 e. The molecule has 2 fully saturated rings. The third-order valence-corrected chi connectivity index (χ3v) is 5.85. The van der Waals surface area contributed by atoms with Crippen molar-refractivity contribution in [3.8, 4) is 5.75 Å². The van der Waals surface area contributed by atoms with E-state index in [2.05, 4.69) is 14.9 Å². The number of likely N-dealkylation sites (tertiary alicyclic amines) is 1. The molecule has 2 aliphatic heterocycles. The van der Waals surface area contributed by atoms with Gasteiger partial charge in [0.2, 0.25) is 5.91 Å². The fourth-order valence-electron chi connectivity index (χ4n) is 3.99. The molecule has 180 valence electrons. The second-order valence-corrected chi connectivity index (χ2v) is 8.06. The summed E-state index contributed by atoms with van der Waals surface area (Å²) in [6.07, 6.45) is -0.953. The number of carbonyl (C=O) groups excluding carboxylic acids is 1. The van der Waals surface area contributed by atoms with Crippen molar-refractivity contribution in [1.29, 1.82) is 0 Å². The van der Waals surface area contributed by atoms with Gasteiger partial charge in [0, 0.05) is 32.1 Å². The number of aromatic nitrogens is 2. The number of nitrogens with two attached hydrogens (primary N) is 1. The Morgan fingerprint density at radius 3 is 2.58 bits per heavy atom. The third kappa shape index (κ3) is 5.38. The van der Waals surface area contributed by atoms with Gasteiger partial charge in [-0.15, -0.1) is 0 Å². The molecule has 0 unspecified atom stereocenters. The van der Waals surface area contributed by atoms with Crippen LogP contribution in [0.3, 0.4) is 0 Å². The van der Waals surface area contributed by atoms with E-state index >= 15 is 0 Å². The van der Waals surface area contributed by atoms with Crippen molar-refractivity contribution >= 4 is 40.2 Å². The molecule has 2 aromatic rings. The minimum absolute atomic E-state index is 0.00259. The number of hydrogen-bond acceptors (Lipinski definition) is 7. The van der Waals surface area contributed by atoms with E-state index in [4.69, 9.17) is 32.0 Å². The number of amides is 1. The van der Waals surface area contributed by atoms with Crippen molar-refractivity contribution < 1.29 is 32.6 Å². The van der Waals surface area contributed by atoms with Crippen molar-refractivity contribution in [1.82, 2.24) is 14.9 Å². The summed E-state index contributed by atoms with van der Waals surface area (Å²) >= 11 is 6.46. The number of fused-ring (bicyclic) bond motifs is 1. The second-order valence-electron chi connectivity index (χ2n) is 7.65. The lowest BCUT2D eigenvalue weighted by atomic mass is 10.1. The van der Waals surface area contributed by atoms with E-state index in [1.807, 2.05) is 4.90 Å². The lowest BCUT2D eigenvalue weighted by molar-refractivity contribution is -0.192. The van der Waals surface area contributed by atoms with Crippen molar-refractivity contribution in [2.24, 2.45) is 5.73 Å². The van der Waals surface area contributed by atoms with Gasteiger partial charge >= 0.3 is 12.1 Å². The topological polar surface area (TPSA) is 122 Å². The predicted molar refractivity (Wildman–Crippen MR) is 114 cm³/mol. The summed E-state index contributed by atoms with van der Waals surface area (Å²) in [6.45, 7) is 2.05. The maximum absolute atomic E-state index is 12.3. The van der Waals surface area contributed by atoms with Gasteiger partial charge in [0.25, 0.3) is 0 Å².